The minimum Gasteiger partial charge on any atom is -0.487 e. The summed E-state index contributed by atoms with van der Waals surface area (Å²) in [6.45, 7) is 5.11. The lowest BCUT2D eigenvalue weighted by Crippen LogP contribution is -2.31. The predicted octanol–water partition coefficient (Wildman–Crippen LogP) is 7.34. The molecular weight excluding hydrogens is 561 g/mol. The van der Waals surface area contributed by atoms with Crippen molar-refractivity contribution in [3.05, 3.63) is 101 Å². The molecule has 11 heteroatoms. The molecule has 0 unspecified atom stereocenters. The van der Waals surface area contributed by atoms with Gasteiger partial charge in [0.05, 0.1) is 5.56 Å². The summed E-state index contributed by atoms with van der Waals surface area (Å²) in [5, 5.41) is 2.70. The molecule has 0 atom stereocenters. The average Bonchev–Trinajstić information content (AvgIpc) is 3.62. The lowest BCUT2D eigenvalue weighted by Gasteiger charge is -2.10. The molecule has 1 amide bonds. The van der Waals surface area contributed by atoms with E-state index >= 15 is 0 Å². The molecular formula is C32H35F3N4O4. The van der Waals surface area contributed by atoms with E-state index < -0.39 is 17.8 Å². The summed E-state index contributed by atoms with van der Waals surface area (Å²) >= 11 is 0. The van der Waals surface area contributed by atoms with Gasteiger partial charge >= 0.3 is 12.3 Å². The van der Waals surface area contributed by atoms with Crippen LogP contribution in [0.15, 0.2) is 71.6 Å². The van der Waals surface area contributed by atoms with Gasteiger partial charge in [-0.2, -0.15) is 13.2 Å². The van der Waals surface area contributed by atoms with Gasteiger partial charge in [0.2, 0.25) is 5.89 Å². The third-order valence-electron chi connectivity index (χ3n) is 6.42. The molecule has 0 aliphatic rings. The number of carbonyl (C=O) groups excluding carboxylic acids is 1. The van der Waals surface area contributed by atoms with Gasteiger partial charge in [-0.25, -0.2) is 14.8 Å². The Labute approximate surface area is 248 Å². The van der Waals surface area contributed by atoms with Crippen LogP contribution in [0.3, 0.4) is 0 Å². The molecule has 228 valence electrons. The number of nitrogens with one attached hydrogen (secondary N) is 1. The number of hydrogen-bond acceptors (Lipinski definition) is 6. The fourth-order valence-corrected chi connectivity index (χ4v) is 4.22. The highest BCUT2D eigenvalue weighted by Gasteiger charge is 2.29. The summed E-state index contributed by atoms with van der Waals surface area (Å²) in [7, 11) is 0. The third kappa shape index (κ3) is 10.4. The molecule has 0 aliphatic carbocycles. The standard InChI is InChI=1S/C32H35F3N4O4/c1-23(2)37-31(40)41-20-16-29-36-17-19-39(29)18-4-3-5-24-8-13-28(14-9-24)42-21-27-22-43-30(38-27)15-10-25-6-11-26(12-7-25)32(33,34)35/h6-15,17,19,22-23H,3-5,16,18,20-21H2,1-2H3,(H,37,40). The zero-order valence-electron chi connectivity index (χ0n) is 24.1. The number of halogens is 3. The first-order valence-corrected chi connectivity index (χ1v) is 14.1. The number of unbranched alkanes of at least 4 members (excludes halogenated alkanes) is 1. The first kappa shape index (κ1) is 31.4. The van der Waals surface area contributed by atoms with Crippen molar-refractivity contribution in [3.63, 3.8) is 0 Å². The van der Waals surface area contributed by atoms with Crippen LogP contribution in [0, 0.1) is 0 Å². The van der Waals surface area contributed by atoms with E-state index in [4.69, 9.17) is 13.9 Å². The van der Waals surface area contributed by atoms with Gasteiger partial charge in [0.15, 0.2) is 0 Å². The van der Waals surface area contributed by atoms with Gasteiger partial charge in [0.25, 0.3) is 0 Å². The molecule has 0 fully saturated rings. The van der Waals surface area contributed by atoms with Gasteiger partial charge in [-0.1, -0.05) is 24.3 Å². The van der Waals surface area contributed by atoms with Crippen molar-refractivity contribution in [2.75, 3.05) is 6.61 Å². The molecule has 0 radical (unpaired) electrons. The lowest BCUT2D eigenvalue weighted by molar-refractivity contribution is -0.137. The molecule has 8 nitrogen and oxygen atoms in total. The molecule has 4 aromatic rings. The van der Waals surface area contributed by atoms with Crippen LogP contribution in [0.1, 0.15) is 60.8 Å². The van der Waals surface area contributed by atoms with E-state index in [9.17, 15) is 18.0 Å². The van der Waals surface area contributed by atoms with E-state index in [0.29, 0.717) is 29.3 Å². The largest absolute Gasteiger partial charge is 0.487 e. The normalized spacial score (nSPS) is 11.8. The molecule has 0 bridgehead atoms. The van der Waals surface area contributed by atoms with Gasteiger partial charge in [-0.15, -0.1) is 0 Å². The first-order valence-electron chi connectivity index (χ1n) is 14.1. The Hall–Kier alpha value is -4.54. The summed E-state index contributed by atoms with van der Waals surface area (Å²) in [6.07, 6.45) is 7.14. The number of rotatable bonds is 14. The second-order valence-corrected chi connectivity index (χ2v) is 10.2. The number of amides is 1. The molecule has 0 spiro atoms. The number of alkyl carbamates (subject to hydrolysis) is 1. The molecule has 4 rings (SSSR count). The summed E-state index contributed by atoms with van der Waals surface area (Å²) in [5.41, 5.74) is 1.72. The molecule has 0 saturated carbocycles. The van der Waals surface area contributed by atoms with Crippen LogP contribution in [0.25, 0.3) is 12.2 Å². The highest BCUT2D eigenvalue weighted by atomic mass is 19.4. The fraction of sp³-hybridized carbons (Fsp3) is 0.344. The number of oxazole rings is 1. The smallest absolute Gasteiger partial charge is 0.416 e. The highest BCUT2D eigenvalue weighted by Crippen LogP contribution is 2.29. The minimum absolute atomic E-state index is 0.0365. The van der Waals surface area contributed by atoms with E-state index in [2.05, 4.69) is 19.9 Å². The summed E-state index contributed by atoms with van der Waals surface area (Å²) in [4.78, 5) is 20.3. The first-order chi connectivity index (χ1) is 20.7. The van der Waals surface area contributed by atoms with Crippen LogP contribution >= 0.6 is 0 Å². The van der Waals surface area contributed by atoms with E-state index in [-0.39, 0.29) is 19.3 Å². The van der Waals surface area contributed by atoms with Crippen molar-refractivity contribution < 1.29 is 31.9 Å². The number of aryl methyl sites for hydroxylation is 2. The summed E-state index contributed by atoms with van der Waals surface area (Å²) in [5.74, 6) is 1.94. The van der Waals surface area contributed by atoms with Crippen molar-refractivity contribution in [1.29, 1.82) is 0 Å². The number of alkyl halides is 3. The fourth-order valence-electron chi connectivity index (χ4n) is 4.22. The Kier molecular flexibility index (Phi) is 11.0. The van der Waals surface area contributed by atoms with Crippen molar-refractivity contribution in [1.82, 2.24) is 19.9 Å². The second kappa shape index (κ2) is 15.1. The Morgan fingerprint density at radius 3 is 2.53 bits per heavy atom. The number of benzene rings is 2. The van der Waals surface area contributed by atoms with E-state index in [1.165, 1.54) is 24.0 Å². The topological polar surface area (TPSA) is 91.4 Å². The van der Waals surface area contributed by atoms with Crippen LogP contribution in [0.2, 0.25) is 0 Å². The predicted molar refractivity (Wildman–Crippen MR) is 156 cm³/mol. The van der Waals surface area contributed by atoms with Crippen molar-refractivity contribution in [2.24, 2.45) is 0 Å². The molecule has 2 heterocycles. The maximum absolute atomic E-state index is 12.7. The van der Waals surface area contributed by atoms with Gasteiger partial charge < -0.3 is 23.8 Å². The Bertz CT molecular complexity index is 1460. The molecule has 0 saturated heterocycles. The Morgan fingerprint density at radius 2 is 1.81 bits per heavy atom. The van der Waals surface area contributed by atoms with Crippen LogP contribution in [0.4, 0.5) is 18.0 Å². The molecule has 2 aromatic carbocycles. The zero-order chi connectivity index (χ0) is 30.7. The summed E-state index contributed by atoms with van der Waals surface area (Å²) in [6, 6.07) is 12.8. The van der Waals surface area contributed by atoms with Gasteiger partial charge in [-0.05, 0) is 74.6 Å². The van der Waals surface area contributed by atoms with Gasteiger partial charge in [-0.3, -0.25) is 0 Å². The number of nitrogens with zero attached hydrogens (tertiary/aromatic N) is 3. The number of imidazole rings is 1. The van der Waals surface area contributed by atoms with Crippen LogP contribution in [-0.2, 0) is 36.9 Å². The van der Waals surface area contributed by atoms with E-state index in [1.54, 1.807) is 18.3 Å². The maximum atomic E-state index is 12.7. The zero-order valence-corrected chi connectivity index (χ0v) is 24.1. The van der Waals surface area contributed by atoms with E-state index in [0.717, 1.165) is 43.8 Å². The van der Waals surface area contributed by atoms with Crippen molar-refractivity contribution >= 4 is 18.2 Å². The highest BCUT2D eigenvalue weighted by molar-refractivity contribution is 5.67. The number of aromatic nitrogens is 3. The van der Waals surface area contributed by atoms with Crippen molar-refractivity contribution in [2.45, 2.75) is 64.9 Å². The number of carbonyl (C=O) groups is 1. The second-order valence-electron chi connectivity index (χ2n) is 10.2. The van der Waals surface area contributed by atoms with Gasteiger partial charge in [0.1, 0.15) is 36.7 Å². The molecule has 0 aliphatic heterocycles. The quantitative estimate of drug-likeness (QED) is 0.153. The molecule has 2 aromatic heterocycles. The number of ether oxygens (including phenoxy) is 2. The van der Waals surface area contributed by atoms with Crippen molar-refractivity contribution in [3.8, 4) is 5.75 Å². The van der Waals surface area contributed by atoms with Crippen LogP contribution in [-0.4, -0.2) is 33.3 Å². The molecule has 43 heavy (non-hydrogen) atoms. The number of hydrogen-bond donors (Lipinski definition) is 1. The van der Waals surface area contributed by atoms with Crippen LogP contribution < -0.4 is 10.1 Å². The monoisotopic (exact) mass is 596 g/mol. The SMILES string of the molecule is CC(C)NC(=O)OCCc1nccn1CCCCc1ccc(OCc2coc(C=Cc3ccc(C(F)(F)F)cc3)n2)cc1. The Morgan fingerprint density at radius 1 is 1.05 bits per heavy atom. The lowest BCUT2D eigenvalue weighted by atomic mass is 10.1. The average molecular weight is 597 g/mol. The maximum Gasteiger partial charge on any atom is 0.416 e. The Balaban J connectivity index is 1.15. The molecule has 1 N–H and O–H groups in total. The minimum atomic E-state index is -4.36. The summed E-state index contributed by atoms with van der Waals surface area (Å²) < 4.78 is 56.7. The third-order valence-corrected chi connectivity index (χ3v) is 6.42. The van der Waals surface area contributed by atoms with Crippen LogP contribution in [0.5, 0.6) is 5.75 Å². The van der Waals surface area contributed by atoms with Gasteiger partial charge in [0, 0.05) is 37.5 Å². The van der Waals surface area contributed by atoms with E-state index in [1.807, 2.05) is 44.3 Å².